The maximum absolute atomic E-state index is 12.2. The zero-order chi connectivity index (χ0) is 21.0. The lowest BCUT2D eigenvalue weighted by Crippen LogP contribution is -2.25. The van der Waals surface area contributed by atoms with E-state index in [1.54, 1.807) is 0 Å². The molecule has 1 aromatic carbocycles. The molecule has 1 amide bonds. The number of aromatic nitrogens is 1. The molecule has 1 aliphatic carbocycles. The van der Waals surface area contributed by atoms with Crippen LogP contribution < -0.4 is 5.32 Å². The Hall–Kier alpha value is -1.56. The normalized spacial score (nSPS) is 23.5. The van der Waals surface area contributed by atoms with E-state index in [2.05, 4.69) is 23.7 Å². The average molecular weight is 421 g/mol. The number of benzene rings is 1. The smallest absolute Gasteiger partial charge is 0.253 e. The predicted octanol–water partition coefficient (Wildman–Crippen LogP) is 4.95. The molecule has 160 valence electrons. The lowest BCUT2D eigenvalue weighted by Gasteiger charge is -2.32. The number of carbonyl (C=O) groups is 1. The Kier molecular flexibility index (Phi) is 7.25. The molecular formula is C23H33ClN2O3. The maximum atomic E-state index is 12.2. The van der Waals surface area contributed by atoms with Crippen molar-refractivity contribution in [3.8, 4) is 0 Å². The summed E-state index contributed by atoms with van der Waals surface area (Å²) in [6.07, 6.45) is 7.34. The summed E-state index contributed by atoms with van der Waals surface area (Å²) >= 11 is 6.30. The van der Waals surface area contributed by atoms with E-state index in [0.29, 0.717) is 29.2 Å². The number of halogens is 1. The summed E-state index contributed by atoms with van der Waals surface area (Å²) in [4.78, 5) is 12.2. The highest BCUT2D eigenvalue weighted by Gasteiger charge is 2.26. The molecule has 2 N–H and O–H groups in total. The number of nitrogens with one attached hydrogen (secondary N) is 1. The highest BCUT2D eigenvalue weighted by molar-refractivity contribution is 6.36. The Bertz CT molecular complexity index is 840. The Morgan fingerprint density at radius 1 is 1.38 bits per heavy atom. The highest BCUT2D eigenvalue weighted by Crippen LogP contribution is 2.35. The molecule has 2 unspecified atom stereocenters. The second-order valence-corrected chi connectivity index (χ2v) is 9.28. The van der Waals surface area contributed by atoms with Crippen LogP contribution >= 0.6 is 11.6 Å². The third-order valence-corrected chi connectivity index (χ3v) is 6.18. The van der Waals surface area contributed by atoms with Gasteiger partial charge in [0.2, 0.25) is 0 Å². The lowest BCUT2D eigenvalue weighted by molar-refractivity contribution is 0.0663. The molecule has 1 aliphatic heterocycles. The third-order valence-electron chi connectivity index (χ3n) is 5.87. The fraction of sp³-hybridized carbons (Fsp3) is 0.609. The van der Waals surface area contributed by atoms with Crippen molar-refractivity contribution in [1.82, 2.24) is 9.88 Å². The van der Waals surface area contributed by atoms with Gasteiger partial charge in [-0.1, -0.05) is 37.9 Å². The molecule has 6 heteroatoms. The molecule has 0 spiro atoms. The molecule has 2 atom stereocenters. The molecular weight excluding hydrogens is 388 g/mol. The number of hydrogen-bond acceptors (Lipinski definition) is 3. The minimum absolute atomic E-state index is 0.0197. The number of rotatable bonds is 3. The fourth-order valence-corrected chi connectivity index (χ4v) is 4.67. The van der Waals surface area contributed by atoms with Gasteiger partial charge in [0, 0.05) is 24.7 Å². The van der Waals surface area contributed by atoms with Crippen molar-refractivity contribution in [2.75, 3.05) is 19.8 Å². The molecule has 5 nitrogen and oxygen atoms in total. The van der Waals surface area contributed by atoms with Gasteiger partial charge in [0.05, 0.1) is 34.9 Å². The van der Waals surface area contributed by atoms with Crippen LogP contribution in [0.5, 0.6) is 0 Å². The van der Waals surface area contributed by atoms with Gasteiger partial charge in [-0.05, 0) is 50.2 Å². The van der Waals surface area contributed by atoms with Gasteiger partial charge in [-0.2, -0.15) is 0 Å². The van der Waals surface area contributed by atoms with Gasteiger partial charge < -0.3 is 19.7 Å². The van der Waals surface area contributed by atoms with Crippen molar-refractivity contribution in [3.63, 3.8) is 0 Å². The average Bonchev–Trinajstić information content (AvgIpc) is 3.29. The summed E-state index contributed by atoms with van der Waals surface area (Å²) in [5.74, 6) is -0.0803. The molecule has 2 fully saturated rings. The summed E-state index contributed by atoms with van der Waals surface area (Å²) in [6.45, 7) is 8.42. The van der Waals surface area contributed by atoms with Gasteiger partial charge in [-0.15, -0.1) is 0 Å². The molecule has 1 saturated heterocycles. The van der Waals surface area contributed by atoms with E-state index in [0.717, 1.165) is 36.8 Å². The monoisotopic (exact) mass is 420 g/mol. The van der Waals surface area contributed by atoms with E-state index in [1.165, 1.54) is 12.8 Å². The second kappa shape index (κ2) is 9.50. The van der Waals surface area contributed by atoms with Gasteiger partial charge in [-0.25, -0.2) is 0 Å². The number of ether oxygens (including phenoxy) is 1. The second-order valence-electron chi connectivity index (χ2n) is 8.88. The molecule has 2 aliphatic rings. The molecule has 0 bridgehead atoms. The summed E-state index contributed by atoms with van der Waals surface area (Å²) in [6, 6.07) is 6.02. The van der Waals surface area contributed by atoms with Crippen molar-refractivity contribution in [2.24, 2.45) is 5.41 Å². The van der Waals surface area contributed by atoms with Crippen molar-refractivity contribution < 1.29 is 14.6 Å². The maximum Gasteiger partial charge on any atom is 0.253 e. The van der Waals surface area contributed by atoms with Crippen molar-refractivity contribution >= 4 is 28.4 Å². The van der Waals surface area contributed by atoms with Crippen molar-refractivity contribution in [2.45, 2.75) is 65.0 Å². The van der Waals surface area contributed by atoms with Crippen LogP contribution in [0.15, 0.2) is 24.4 Å². The number of fused-ring (bicyclic) bond motifs is 1. The van der Waals surface area contributed by atoms with Gasteiger partial charge in [-0.3, -0.25) is 4.79 Å². The summed E-state index contributed by atoms with van der Waals surface area (Å²) in [5, 5.41) is 13.5. The summed E-state index contributed by atoms with van der Waals surface area (Å²) < 4.78 is 7.58. The van der Waals surface area contributed by atoms with E-state index < -0.39 is 0 Å². The first-order chi connectivity index (χ1) is 13.8. The summed E-state index contributed by atoms with van der Waals surface area (Å²) in [5.41, 5.74) is 2.03. The SMILES string of the molecule is CC1(C)CCCC(O)C1.CCNC(=O)c1cn(C2CCOC2)c2cccc(Cl)c12. The Labute approximate surface area is 178 Å². The van der Waals surface area contributed by atoms with E-state index in [1.807, 2.05) is 31.3 Å². The zero-order valence-corrected chi connectivity index (χ0v) is 18.5. The number of aliphatic hydroxyl groups is 1. The summed E-state index contributed by atoms with van der Waals surface area (Å²) in [7, 11) is 0. The number of aliphatic hydroxyl groups excluding tert-OH is 1. The molecule has 2 aromatic rings. The first kappa shape index (κ1) is 22.1. The molecule has 1 saturated carbocycles. The highest BCUT2D eigenvalue weighted by atomic mass is 35.5. The van der Waals surface area contributed by atoms with Gasteiger partial charge in [0.1, 0.15) is 0 Å². The van der Waals surface area contributed by atoms with E-state index >= 15 is 0 Å². The molecule has 0 radical (unpaired) electrons. The quantitative estimate of drug-likeness (QED) is 0.738. The number of hydrogen-bond donors (Lipinski definition) is 2. The number of nitrogens with zero attached hydrogens (tertiary/aromatic N) is 1. The van der Waals surface area contributed by atoms with Gasteiger partial charge in [0.15, 0.2) is 0 Å². The number of amides is 1. The number of carbonyl (C=O) groups excluding carboxylic acids is 1. The van der Waals surface area contributed by atoms with Crippen LogP contribution in [-0.2, 0) is 4.74 Å². The van der Waals surface area contributed by atoms with Gasteiger partial charge in [0.25, 0.3) is 5.91 Å². The largest absolute Gasteiger partial charge is 0.393 e. The molecule has 2 heterocycles. The van der Waals surface area contributed by atoms with Crippen LogP contribution in [0.4, 0.5) is 0 Å². The molecule has 29 heavy (non-hydrogen) atoms. The van der Waals surface area contributed by atoms with Crippen LogP contribution in [0.25, 0.3) is 10.9 Å². The first-order valence-electron chi connectivity index (χ1n) is 10.7. The minimum atomic E-state index is -0.0803. The Morgan fingerprint density at radius 3 is 2.76 bits per heavy atom. The minimum Gasteiger partial charge on any atom is -0.393 e. The molecule has 1 aromatic heterocycles. The lowest BCUT2D eigenvalue weighted by atomic mass is 9.76. The Balaban J connectivity index is 0.000000224. The van der Waals surface area contributed by atoms with Crippen LogP contribution in [0.3, 0.4) is 0 Å². The topological polar surface area (TPSA) is 63.5 Å². The van der Waals surface area contributed by atoms with E-state index in [4.69, 9.17) is 16.3 Å². The van der Waals surface area contributed by atoms with Crippen LogP contribution in [0, 0.1) is 5.41 Å². The first-order valence-corrected chi connectivity index (χ1v) is 11.0. The van der Waals surface area contributed by atoms with E-state index in [9.17, 15) is 9.90 Å². The molecule has 4 rings (SSSR count). The standard InChI is InChI=1S/C15H17ClN2O2.C8H16O/c1-2-17-15(19)11-8-18(10-6-7-20-9-10)13-5-3-4-12(16)14(11)13;1-8(2)5-3-4-7(9)6-8/h3-5,8,10H,2,6-7,9H2,1H3,(H,17,19);7,9H,3-6H2,1-2H3. The fourth-order valence-electron chi connectivity index (χ4n) is 4.40. The van der Waals surface area contributed by atoms with Gasteiger partial charge >= 0.3 is 0 Å². The van der Waals surface area contributed by atoms with E-state index in [-0.39, 0.29) is 18.1 Å². The van der Waals surface area contributed by atoms with Crippen LogP contribution in [-0.4, -0.2) is 41.4 Å². The Morgan fingerprint density at radius 2 is 2.17 bits per heavy atom. The van der Waals surface area contributed by atoms with Crippen LogP contribution in [0.2, 0.25) is 5.02 Å². The van der Waals surface area contributed by atoms with Crippen molar-refractivity contribution in [1.29, 1.82) is 0 Å². The van der Waals surface area contributed by atoms with Crippen LogP contribution in [0.1, 0.15) is 69.3 Å². The predicted molar refractivity (Wildman–Crippen MR) is 118 cm³/mol. The van der Waals surface area contributed by atoms with Crippen molar-refractivity contribution in [3.05, 3.63) is 35.0 Å². The third kappa shape index (κ3) is 5.33. The zero-order valence-electron chi connectivity index (χ0n) is 17.7.